The van der Waals surface area contributed by atoms with Crippen molar-refractivity contribution in [1.82, 2.24) is 14.9 Å². The molecule has 0 radical (unpaired) electrons. The van der Waals surface area contributed by atoms with Crippen molar-refractivity contribution in [2.75, 3.05) is 4.72 Å². The van der Waals surface area contributed by atoms with E-state index in [1.165, 1.54) is 19.0 Å². The Morgan fingerprint density at radius 1 is 1.45 bits per heavy atom. The molecule has 0 aromatic carbocycles. The van der Waals surface area contributed by atoms with E-state index in [1.54, 1.807) is 24.7 Å². The quantitative estimate of drug-likeness (QED) is 0.907. The molecule has 0 spiro atoms. The lowest BCUT2D eigenvalue weighted by atomic mass is 10.4. The summed E-state index contributed by atoms with van der Waals surface area (Å²) >= 11 is 0. The highest BCUT2D eigenvalue weighted by molar-refractivity contribution is 7.92. The lowest BCUT2D eigenvalue weighted by Crippen LogP contribution is -2.14. The van der Waals surface area contributed by atoms with Gasteiger partial charge in [-0.2, -0.15) is 5.10 Å². The van der Waals surface area contributed by atoms with E-state index in [1.807, 2.05) is 0 Å². The highest BCUT2D eigenvalue weighted by Crippen LogP contribution is 2.30. The summed E-state index contributed by atoms with van der Waals surface area (Å²) in [6.45, 7) is 4.01. The van der Waals surface area contributed by atoms with E-state index in [2.05, 4.69) is 15.0 Å². The van der Waals surface area contributed by atoms with Crippen molar-refractivity contribution < 1.29 is 12.9 Å². The van der Waals surface area contributed by atoms with Crippen LogP contribution in [0.3, 0.4) is 0 Å². The van der Waals surface area contributed by atoms with E-state index in [0.717, 1.165) is 6.54 Å². The van der Waals surface area contributed by atoms with Gasteiger partial charge in [0, 0.05) is 12.7 Å². The van der Waals surface area contributed by atoms with E-state index in [4.69, 9.17) is 4.52 Å². The summed E-state index contributed by atoms with van der Waals surface area (Å²) in [6.07, 6.45) is 5.66. The molecular formula is C12H16N4O3S. The van der Waals surface area contributed by atoms with Crippen LogP contribution in [0, 0.1) is 19.8 Å². The molecule has 0 unspecified atom stereocenters. The number of aryl methyl sites for hydroxylation is 2. The summed E-state index contributed by atoms with van der Waals surface area (Å²) in [7, 11) is -3.69. The first-order valence-electron chi connectivity index (χ1n) is 6.44. The maximum Gasteiger partial charge on any atom is 0.267 e. The Balaban J connectivity index is 1.80. The zero-order chi connectivity index (χ0) is 14.3. The minimum Gasteiger partial charge on any atom is -0.360 e. The molecule has 20 heavy (non-hydrogen) atoms. The molecule has 108 valence electrons. The van der Waals surface area contributed by atoms with Crippen LogP contribution in [-0.4, -0.2) is 23.4 Å². The van der Waals surface area contributed by atoms with E-state index in [-0.39, 0.29) is 10.7 Å². The van der Waals surface area contributed by atoms with Crippen molar-refractivity contribution in [2.24, 2.45) is 5.92 Å². The first-order valence-corrected chi connectivity index (χ1v) is 7.92. The van der Waals surface area contributed by atoms with Gasteiger partial charge in [-0.1, -0.05) is 5.16 Å². The van der Waals surface area contributed by atoms with Crippen LogP contribution in [0.25, 0.3) is 0 Å². The molecule has 0 atom stereocenters. The van der Waals surface area contributed by atoms with Crippen molar-refractivity contribution in [3.05, 3.63) is 23.8 Å². The Kier molecular flexibility index (Phi) is 3.04. The predicted molar refractivity (Wildman–Crippen MR) is 71.7 cm³/mol. The van der Waals surface area contributed by atoms with Gasteiger partial charge in [0.05, 0.1) is 11.9 Å². The molecule has 7 nitrogen and oxygen atoms in total. The predicted octanol–water partition coefficient (Wildman–Crippen LogP) is 1.70. The Morgan fingerprint density at radius 2 is 2.20 bits per heavy atom. The number of hydrogen-bond acceptors (Lipinski definition) is 5. The molecule has 1 aliphatic carbocycles. The molecule has 2 aromatic heterocycles. The summed E-state index contributed by atoms with van der Waals surface area (Å²) in [5.74, 6) is 0.960. The topological polar surface area (TPSA) is 90.0 Å². The number of nitrogens with zero attached hydrogens (tertiary/aromatic N) is 3. The Hall–Kier alpha value is -1.83. The SMILES string of the molecule is Cc1noc(C)c1S(=O)(=O)Nc1cnn(CC2CC2)c1. The van der Waals surface area contributed by atoms with Crippen LogP contribution in [0.1, 0.15) is 24.3 Å². The summed E-state index contributed by atoms with van der Waals surface area (Å²) in [5, 5.41) is 7.82. The van der Waals surface area contributed by atoms with Crippen LogP contribution in [-0.2, 0) is 16.6 Å². The molecule has 8 heteroatoms. The molecule has 0 bridgehead atoms. The average molecular weight is 296 g/mol. The number of anilines is 1. The molecule has 0 saturated heterocycles. The molecular weight excluding hydrogens is 280 g/mol. The Morgan fingerprint density at radius 3 is 2.80 bits per heavy atom. The molecule has 1 saturated carbocycles. The van der Waals surface area contributed by atoms with Gasteiger partial charge in [-0.05, 0) is 32.6 Å². The number of nitrogens with one attached hydrogen (secondary N) is 1. The lowest BCUT2D eigenvalue weighted by molar-refractivity contribution is 0.390. The summed E-state index contributed by atoms with van der Waals surface area (Å²) < 4.78 is 33.8. The van der Waals surface area contributed by atoms with Gasteiger partial charge in [-0.25, -0.2) is 8.42 Å². The van der Waals surface area contributed by atoms with Crippen LogP contribution in [0.5, 0.6) is 0 Å². The van der Waals surface area contributed by atoms with Gasteiger partial charge < -0.3 is 4.52 Å². The van der Waals surface area contributed by atoms with Crippen LogP contribution in [0.15, 0.2) is 21.8 Å². The number of aromatic nitrogens is 3. The standard InChI is InChI=1S/C12H16N4O3S/c1-8-12(9(2)19-14-8)20(17,18)15-11-5-13-16(7-11)6-10-3-4-10/h5,7,10,15H,3-4,6H2,1-2H3. The second-order valence-electron chi connectivity index (χ2n) is 5.15. The number of rotatable bonds is 5. The summed E-state index contributed by atoms with van der Waals surface area (Å²) in [4.78, 5) is 0.0902. The van der Waals surface area contributed by atoms with E-state index in [9.17, 15) is 8.42 Å². The lowest BCUT2D eigenvalue weighted by Gasteiger charge is -2.04. The van der Waals surface area contributed by atoms with Crippen LogP contribution >= 0.6 is 0 Å². The molecule has 2 aromatic rings. The molecule has 1 N–H and O–H groups in total. The monoisotopic (exact) mass is 296 g/mol. The highest BCUT2D eigenvalue weighted by Gasteiger charge is 2.25. The fourth-order valence-corrected chi connectivity index (χ4v) is 3.51. The van der Waals surface area contributed by atoms with Gasteiger partial charge in [0.25, 0.3) is 10.0 Å². The minimum absolute atomic E-state index is 0.0902. The maximum absolute atomic E-state index is 12.3. The van der Waals surface area contributed by atoms with E-state index < -0.39 is 10.0 Å². The van der Waals surface area contributed by atoms with Crippen LogP contribution in [0.4, 0.5) is 5.69 Å². The van der Waals surface area contributed by atoms with Crippen LogP contribution < -0.4 is 4.72 Å². The van der Waals surface area contributed by atoms with Gasteiger partial charge in [-0.15, -0.1) is 0 Å². The first kappa shape index (κ1) is 13.2. The van der Waals surface area contributed by atoms with Crippen molar-refractivity contribution >= 4 is 15.7 Å². The molecule has 0 aliphatic heterocycles. The van der Waals surface area contributed by atoms with Crippen molar-refractivity contribution in [1.29, 1.82) is 0 Å². The summed E-state index contributed by atoms with van der Waals surface area (Å²) in [5.41, 5.74) is 0.797. The van der Waals surface area contributed by atoms with Crippen molar-refractivity contribution in [3.8, 4) is 0 Å². The van der Waals surface area contributed by atoms with Crippen molar-refractivity contribution in [3.63, 3.8) is 0 Å². The van der Waals surface area contributed by atoms with Gasteiger partial charge >= 0.3 is 0 Å². The van der Waals surface area contributed by atoms with Gasteiger partial charge in [-0.3, -0.25) is 9.40 Å². The third kappa shape index (κ3) is 2.55. The van der Waals surface area contributed by atoms with Crippen LogP contribution in [0.2, 0.25) is 0 Å². The zero-order valence-corrected chi connectivity index (χ0v) is 12.1. The summed E-state index contributed by atoms with van der Waals surface area (Å²) in [6, 6.07) is 0. The molecule has 0 amide bonds. The Bertz CT molecular complexity index is 708. The average Bonchev–Trinajstić information content (AvgIpc) is 2.95. The second-order valence-corrected chi connectivity index (χ2v) is 6.77. The molecule has 3 rings (SSSR count). The molecule has 1 aliphatic rings. The normalized spacial score (nSPS) is 15.5. The molecule has 1 fully saturated rings. The number of hydrogen-bond donors (Lipinski definition) is 1. The van der Waals surface area contributed by atoms with Gasteiger partial charge in [0.2, 0.25) is 0 Å². The zero-order valence-electron chi connectivity index (χ0n) is 11.3. The third-order valence-corrected chi connectivity index (χ3v) is 4.89. The third-order valence-electron chi connectivity index (χ3n) is 3.26. The smallest absolute Gasteiger partial charge is 0.267 e. The van der Waals surface area contributed by atoms with Gasteiger partial charge in [0.15, 0.2) is 10.7 Å². The van der Waals surface area contributed by atoms with E-state index in [0.29, 0.717) is 17.3 Å². The fourth-order valence-electron chi connectivity index (χ4n) is 2.15. The minimum atomic E-state index is -3.69. The molecule has 2 heterocycles. The van der Waals surface area contributed by atoms with Gasteiger partial charge in [0.1, 0.15) is 5.69 Å². The van der Waals surface area contributed by atoms with Crippen molar-refractivity contribution in [2.45, 2.75) is 38.1 Å². The Labute approximate surface area is 117 Å². The first-order chi connectivity index (χ1) is 9.45. The highest BCUT2D eigenvalue weighted by atomic mass is 32.2. The largest absolute Gasteiger partial charge is 0.360 e. The fraction of sp³-hybridized carbons (Fsp3) is 0.500. The van der Waals surface area contributed by atoms with E-state index >= 15 is 0 Å². The maximum atomic E-state index is 12.3. The second kappa shape index (κ2) is 4.62. The number of sulfonamides is 1.